The van der Waals surface area contributed by atoms with Gasteiger partial charge in [0.2, 0.25) is 6.20 Å². The van der Waals surface area contributed by atoms with Crippen LogP contribution >= 0.6 is 0 Å². The topological polar surface area (TPSA) is 24.1 Å². The Morgan fingerprint density at radius 2 is 2.00 bits per heavy atom. The summed E-state index contributed by atoms with van der Waals surface area (Å²) < 4.78 is 1.14. The van der Waals surface area contributed by atoms with Crippen LogP contribution in [0.1, 0.15) is 5.56 Å². The normalized spacial score (nSPS) is 10.4. The van der Waals surface area contributed by atoms with Crippen molar-refractivity contribution in [1.29, 1.82) is 0 Å². The van der Waals surface area contributed by atoms with Gasteiger partial charge in [-0.05, 0) is 18.6 Å². The number of rotatable bonds is 0. The second-order valence-corrected chi connectivity index (χ2v) is 2.86. The minimum atomic E-state index is 0.845. The molecule has 1 N–H and O–H groups in total. The van der Waals surface area contributed by atoms with Crippen LogP contribution in [0, 0.1) is 6.92 Å². The highest BCUT2D eigenvalue weighted by atomic mass is 16.5. The van der Waals surface area contributed by atoms with E-state index < -0.39 is 0 Å². The fourth-order valence-corrected chi connectivity index (χ4v) is 1.38. The van der Waals surface area contributed by atoms with Gasteiger partial charge in [-0.25, -0.2) is 0 Å². The Morgan fingerprint density at radius 3 is 2.75 bits per heavy atom. The van der Waals surface area contributed by atoms with Crippen molar-refractivity contribution in [3.8, 4) is 0 Å². The van der Waals surface area contributed by atoms with Crippen LogP contribution in [0.15, 0.2) is 36.5 Å². The Bertz CT molecular complexity index is 382. The van der Waals surface area contributed by atoms with Crippen molar-refractivity contribution < 1.29 is 9.94 Å². The minimum Gasteiger partial charge on any atom is -0.285 e. The first-order valence-corrected chi connectivity index (χ1v) is 3.88. The molecule has 1 aromatic heterocycles. The zero-order valence-electron chi connectivity index (χ0n) is 6.86. The van der Waals surface area contributed by atoms with Gasteiger partial charge in [0, 0.05) is 16.9 Å². The molecule has 0 saturated carbocycles. The van der Waals surface area contributed by atoms with Crippen LogP contribution in [0.4, 0.5) is 0 Å². The molecule has 2 rings (SSSR count). The Labute approximate surface area is 70.7 Å². The molecule has 2 heteroatoms. The van der Waals surface area contributed by atoms with E-state index in [1.54, 1.807) is 6.20 Å². The van der Waals surface area contributed by atoms with E-state index in [1.165, 1.54) is 5.56 Å². The zero-order valence-corrected chi connectivity index (χ0v) is 6.86. The first kappa shape index (κ1) is 7.10. The minimum absolute atomic E-state index is 0.845. The first-order chi connectivity index (χ1) is 5.79. The summed E-state index contributed by atoms with van der Waals surface area (Å²) in [5.74, 6) is 0. The average Bonchev–Trinajstić information content (AvgIpc) is 2.07. The van der Waals surface area contributed by atoms with Crippen LogP contribution in [-0.4, -0.2) is 5.21 Å². The highest BCUT2D eigenvalue weighted by Crippen LogP contribution is 2.12. The van der Waals surface area contributed by atoms with Crippen molar-refractivity contribution in [2.24, 2.45) is 0 Å². The van der Waals surface area contributed by atoms with E-state index in [2.05, 4.69) is 0 Å². The third-order valence-corrected chi connectivity index (χ3v) is 2.04. The smallest absolute Gasteiger partial charge is 0.264 e. The summed E-state index contributed by atoms with van der Waals surface area (Å²) in [4.78, 5) is 0. The summed E-state index contributed by atoms with van der Waals surface area (Å²) >= 11 is 0. The highest BCUT2D eigenvalue weighted by molar-refractivity contribution is 5.78. The number of fused-ring (bicyclic) bond motifs is 1. The van der Waals surface area contributed by atoms with Crippen LogP contribution in [0.5, 0.6) is 0 Å². The van der Waals surface area contributed by atoms with Crippen LogP contribution in [0.25, 0.3) is 10.9 Å². The number of nitrogens with zero attached hydrogens (tertiary/aromatic N) is 1. The molecular weight excluding hydrogens is 150 g/mol. The maximum absolute atomic E-state index is 9.41. The first-order valence-electron chi connectivity index (χ1n) is 3.88. The lowest BCUT2D eigenvalue weighted by atomic mass is 10.1. The molecule has 0 bridgehead atoms. The van der Waals surface area contributed by atoms with Crippen LogP contribution in [0.2, 0.25) is 0 Å². The van der Waals surface area contributed by atoms with E-state index >= 15 is 0 Å². The molecule has 0 unspecified atom stereocenters. The summed E-state index contributed by atoms with van der Waals surface area (Å²) in [6, 6.07) is 9.68. The largest absolute Gasteiger partial charge is 0.285 e. The molecule has 2 aromatic rings. The molecule has 12 heavy (non-hydrogen) atoms. The van der Waals surface area contributed by atoms with Crippen LogP contribution < -0.4 is 4.73 Å². The van der Waals surface area contributed by atoms with Crippen molar-refractivity contribution in [2.45, 2.75) is 6.92 Å². The molecule has 0 radical (unpaired) electrons. The average molecular weight is 160 g/mol. The van der Waals surface area contributed by atoms with E-state index in [9.17, 15) is 5.21 Å². The van der Waals surface area contributed by atoms with Gasteiger partial charge < -0.3 is 0 Å². The van der Waals surface area contributed by atoms with Gasteiger partial charge in [0.15, 0.2) is 0 Å². The molecule has 0 saturated heterocycles. The molecule has 0 aliphatic rings. The van der Waals surface area contributed by atoms with Crippen LogP contribution in [0.3, 0.4) is 0 Å². The summed E-state index contributed by atoms with van der Waals surface area (Å²) in [5, 5.41) is 10.5. The predicted octanol–water partition coefficient (Wildman–Crippen LogP) is 1.67. The number of hydrogen-bond donors (Lipinski definition) is 1. The van der Waals surface area contributed by atoms with Gasteiger partial charge in [-0.15, -0.1) is 0 Å². The van der Waals surface area contributed by atoms with Gasteiger partial charge in [0.25, 0.3) is 5.52 Å². The number of aromatic nitrogens is 1. The Morgan fingerprint density at radius 1 is 1.17 bits per heavy atom. The lowest BCUT2D eigenvalue weighted by molar-refractivity contribution is -0.884. The fourth-order valence-electron chi connectivity index (χ4n) is 1.38. The van der Waals surface area contributed by atoms with Gasteiger partial charge in [0.05, 0.1) is 5.39 Å². The molecule has 60 valence electrons. The van der Waals surface area contributed by atoms with Gasteiger partial charge in [-0.2, -0.15) is 0 Å². The third-order valence-electron chi connectivity index (χ3n) is 2.04. The van der Waals surface area contributed by atoms with Gasteiger partial charge in [0.1, 0.15) is 0 Å². The second kappa shape index (κ2) is 2.48. The monoisotopic (exact) mass is 160 g/mol. The second-order valence-electron chi connectivity index (χ2n) is 2.86. The molecule has 0 aliphatic heterocycles. The summed E-state index contributed by atoms with van der Waals surface area (Å²) in [5.41, 5.74) is 2.02. The highest BCUT2D eigenvalue weighted by Gasteiger charge is 2.06. The molecule has 1 heterocycles. The SMILES string of the molecule is Cc1cccc2c1ccc[n+]2O. The third kappa shape index (κ3) is 0.925. The summed E-state index contributed by atoms with van der Waals surface area (Å²) in [6.07, 6.45) is 1.63. The van der Waals surface area contributed by atoms with E-state index in [-0.39, 0.29) is 0 Å². The lowest BCUT2D eigenvalue weighted by Crippen LogP contribution is -2.29. The van der Waals surface area contributed by atoms with E-state index in [4.69, 9.17) is 0 Å². The predicted molar refractivity (Wildman–Crippen MR) is 46.1 cm³/mol. The standard InChI is InChI=1S/C10H10NO/c1-8-4-2-6-10-9(8)5-3-7-11(10)12/h2-7,12H,1H3/q+1. The Kier molecular flexibility index (Phi) is 1.47. The van der Waals surface area contributed by atoms with E-state index in [1.807, 2.05) is 37.3 Å². The fraction of sp³-hybridized carbons (Fsp3) is 0.100. The molecule has 0 atom stereocenters. The lowest BCUT2D eigenvalue weighted by Gasteiger charge is -1.95. The Hall–Kier alpha value is -1.57. The van der Waals surface area contributed by atoms with Crippen molar-refractivity contribution >= 4 is 10.9 Å². The van der Waals surface area contributed by atoms with Gasteiger partial charge >= 0.3 is 0 Å². The Balaban J connectivity index is 2.94. The quantitative estimate of drug-likeness (QED) is 0.460. The van der Waals surface area contributed by atoms with Gasteiger partial charge in [-0.3, -0.25) is 5.21 Å². The molecular formula is C10H10NO+. The number of benzene rings is 1. The van der Waals surface area contributed by atoms with Crippen molar-refractivity contribution in [3.05, 3.63) is 42.1 Å². The molecule has 1 aromatic carbocycles. The summed E-state index contributed by atoms with van der Waals surface area (Å²) in [6.45, 7) is 2.03. The molecule has 0 amide bonds. The van der Waals surface area contributed by atoms with Gasteiger partial charge in [-0.1, -0.05) is 12.1 Å². The van der Waals surface area contributed by atoms with Crippen molar-refractivity contribution in [3.63, 3.8) is 0 Å². The molecule has 2 nitrogen and oxygen atoms in total. The number of pyridine rings is 1. The molecule has 0 aliphatic carbocycles. The van der Waals surface area contributed by atoms with E-state index in [0.717, 1.165) is 15.6 Å². The number of hydrogen-bond acceptors (Lipinski definition) is 1. The maximum atomic E-state index is 9.41. The van der Waals surface area contributed by atoms with Crippen molar-refractivity contribution in [1.82, 2.24) is 0 Å². The maximum Gasteiger partial charge on any atom is 0.264 e. The van der Waals surface area contributed by atoms with E-state index in [0.29, 0.717) is 0 Å². The summed E-state index contributed by atoms with van der Waals surface area (Å²) in [7, 11) is 0. The number of aryl methyl sites for hydroxylation is 1. The molecule has 0 spiro atoms. The zero-order chi connectivity index (χ0) is 8.55. The molecule has 0 fully saturated rings. The van der Waals surface area contributed by atoms with Crippen molar-refractivity contribution in [2.75, 3.05) is 0 Å². The van der Waals surface area contributed by atoms with Crippen LogP contribution in [-0.2, 0) is 0 Å².